The second kappa shape index (κ2) is 8.89. The summed E-state index contributed by atoms with van der Waals surface area (Å²) < 4.78 is 19.2. The second-order valence-electron chi connectivity index (χ2n) is 9.35. The monoisotopic (exact) mass is 429 g/mol. The third-order valence-corrected chi connectivity index (χ3v) is 7.61. The number of halogens is 2. The van der Waals surface area contributed by atoms with Gasteiger partial charge in [0.15, 0.2) is 0 Å². The molecular weight excluding hydrogens is 401 g/mol. The van der Waals surface area contributed by atoms with Crippen molar-refractivity contribution in [2.75, 3.05) is 32.8 Å². The van der Waals surface area contributed by atoms with E-state index in [0.717, 1.165) is 43.1 Å². The van der Waals surface area contributed by atoms with Crippen LogP contribution in [0.25, 0.3) is 11.3 Å². The van der Waals surface area contributed by atoms with Crippen LogP contribution in [0.2, 0.25) is 5.02 Å². The molecule has 0 bridgehead atoms. The molecule has 3 fully saturated rings. The molecule has 3 atom stereocenters. The summed E-state index contributed by atoms with van der Waals surface area (Å²) in [5, 5.41) is 8.85. The lowest BCUT2D eigenvalue weighted by Gasteiger charge is -2.27. The van der Waals surface area contributed by atoms with Crippen LogP contribution in [0.1, 0.15) is 31.4 Å². The number of likely N-dealkylation sites (tertiary alicyclic amines) is 1. The zero-order valence-electron chi connectivity index (χ0n) is 17.3. The van der Waals surface area contributed by atoms with E-state index in [4.69, 9.17) is 16.3 Å². The Labute approximate surface area is 182 Å². The van der Waals surface area contributed by atoms with E-state index < -0.39 is 5.82 Å². The van der Waals surface area contributed by atoms with Crippen LogP contribution in [0.15, 0.2) is 30.3 Å². The van der Waals surface area contributed by atoms with Gasteiger partial charge in [0.25, 0.3) is 0 Å². The maximum Gasteiger partial charge on any atom is 0.142 e. The van der Waals surface area contributed by atoms with Gasteiger partial charge in [0.05, 0.1) is 16.4 Å². The summed E-state index contributed by atoms with van der Waals surface area (Å²) in [6, 6.07) is 8.72. The Morgan fingerprint density at radius 3 is 2.47 bits per heavy atom. The van der Waals surface area contributed by atoms with E-state index in [2.05, 4.69) is 15.1 Å². The van der Waals surface area contributed by atoms with Crippen molar-refractivity contribution in [3.05, 3.63) is 46.9 Å². The highest BCUT2D eigenvalue weighted by atomic mass is 35.5. The Kier molecular flexibility index (Phi) is 6.03. The number of rotatable bonds is 5. The van der Waals surface area contributed by atoms with Crippen LogP contribution in [0.4, 0.5) is 4.39 Å². The summed E-state index contributed by atoms with van der Waals surface area (Å²) in [6.45, 7) is 5.68. The normalized spacial score (nSPS) is 27.5. The standard InChI is InChI=1S/C24H29ClFN3O/c25-24-21(2-1-3-22(24)26)23-5-4-20(27-28-23)12-17-10-18-14-29(15-19(18)11-17)13-16-6-8-30-9-7-16/h1-5,16-19H,6-15H2/t17?,18-,19+. The van der Waals surface area contributed by atoms with Gasteiger partial charge in [-0.3, -0.25) is 0 Å². The highest BCUT2D eigenvalue weighted by Gasteiger charge is 2.41. The molecule has 1 aromatic carbocycles. The van der Waals surface area contributed by atoms with Crippen molar-refractivity contribution in [1.82, 2.24) is 15.1 Å². The zero-order valence-corrected chi connectivity index (χ0v) is 18.0. The van der Waals surface area contributed by atoms with Crippen LogP contribution in [0.5, 0.6) is 0 Å². The fraction of sp³-hybridized carbons (Fsp3) is 0.583. The molecule has 1 aromatic heterocycles. The number of fused-ring (bicyclic) bond motifs is 1. The predicted molar refractivity (Wildman–Crippen MR) is 116 cm³/mol. The van der Waals surface area contributed by atoms with E-state index in [-0.39, 0.29) is 5.02 Å². The van der Waals surface area contributed by atoms with Crippen molar-refractivity contribution in [1.29, 1.82) is 0 Å². The van der Waals surface area contributed by atoms with Crippen LogP contribution in [-0.4, -0.2) is 47.9 Å². The molecular formula is C24H29ClFN3O. The molecule has 3 aliphatic rings. The molecule has 2 aromatic rings. The van der Waals surface area contributed by atoms with Crippen molar-refractivity contribution in [2.24, 2.45) is 23.7 Å². The van der Waals surface area contributed by atoms with Gasteiger partial charge in [-0.15, -0.1) is 0 Å². The molecule has 6 heteroatoms. The molecule has 2 saturated heterocycles. The van der Waals surface area contributed by atoms with Crippen molar-refractivity contribution < 1.29 is 9.13 Å². The Balaban J connectivity index is 1.14. The van der Waals surface area contributed by atoms with E-state index in [1.54, 1.807) is 12.1 Å². The van der Waals surface area contributed by atoms with Crippen LogP contribution in [0, 0.1) is 29.5 Å². The summed E-state index contributed by atoms with van der Waals surface area (Å²) in [5.41, 5.74) is 2.24. The van der Waals surface area contributed by atoms with E-state index in [1.807, 2.05) is 12.1 Å². The molecule has 30 heavy (non-hydrogen) atoms. The first-order valence-electron chi connectivity index (χ1n) is 11.2. The van der Waals surface area contributed by atoms with Gasteiger partial charge in [-0.25, -0.2) is 4.39 Å². The number of aromatic nitrogens is 2. The van der Waals surface area contributed by atoms with Crippen LogP contribution in [0.3, 0.4) is 0 Å². The lowest BCUT2D eigenvalue weighted by atomic mass is 9.98. The summed E-state index contributed by atoms with van der Waals surface area (Å²) in [5.74, 6) is 2.78. The summed E-state index contributed by atoms with van der Waals surface area (Å²) in [4.78, 5) is 2.71. The van der Waals surface area contributed by atoms with Crippen LogP contribution >= 0.6 is 11.6 Å². The van der Waals surface area contributed by atoms with Crippen molar-refractivity contribution in [3.63, 3.8) is 0 Å². The van der Waals surface area contributed by atoms with Gasteiger partial charge in [0.1, 0.15) is 5.82 Å². The first-order chi connectivity index (χ1) is 14.7. The Morgan fingerprint density at radius 2 is 1.77 bits per heavy atom. The van der Waals surface area contributed by atoms with Gasteiger partial charge in [-0.2, -0.15) is 10.2 Å². The predicted octanol–water partition coefficient (Wildman–Crippen LogP) is 4.86. The second-order valence-corrected chi connectivity index (χ2v) is 9.73. The van der Waals surface area contributed by atoms with Crippen molar-refractivity contribution in [3.8, 4) is 11.3 Å². The fourth-order valence-corrected chi connectivity index (χ4v) is 5.96. The highest BCUT2D eigenvalue weighted by molar-refractivity contribution is 6.33. The van der Waals surface area contributed by atoms with Gasteiger partial charge in [0.2, 0.25) is 0 Å². The van der Waals surface area contributed by atoms with E-state index in [9.17, 15) is 4.39 Å². The van der Waals surface area contributed by atoms with Crippen LogP contribution in [-0.2, 0) is 11.2 Å². The Bertz CT molecular complexity index is 857. The lowest BCUT2D eigenvalue weighted by molar-refractivity contribution is 0.0544. The topological polar surface area (TPSA) is 38.2 Å². The molecule has 1 saturated carbocycles. The van der Waals surface area contributed by atoms with Crippen molar-refractivity contribution in [2.45, 2.75) is 32.1 Å². The third kappa shape index (κ3) is 4.39. The molecule has 1 aliphatic carbocycles. The summed E-state index contributed by atoms with van der Waals surface area (Å²) in [6.07, 6.45) is 6.03. The molecule has 0 amide bonds. The molecule has 0 N–H and O–H groups in total. The minimum Gasteiger partial charge on any atom is -0.381 e. The quantitative estimate of drug-likeness (QED) is 0.680. The molecule has 160 valence electrons. The van der Waals surface area contributed by atoms with Crippen LogP contribution < -0.4 is 0 Å². The van der Waals surface area contributed by atoms with E-state index in [0.29, 0.717) is 17.2 Å². The molecule has 1 unspecified atom stereocenters. The fourth-order valence-electron chi connectivity index (χ4n) is 5.74. The number of benzene rings is 1. The molecule has 5 rings (SSSR count). The SMILES string of the molecule is Fc1cccc(-c2ccc(CC3C[C@@H]4CN(CC5CCOCC5)C[C@@H]4C3)nn2)c1Cl. The van der Waals surface area contributed by atoms with Gasteiger partial charge in [-0.05, 0) is 74.0 Å². The number of hydrogen-bond acceptors (Lipinski definition) is 4. The number of nitrogens with zero attached hydrogens (tertiary/aromatic N) is 3. The van der Waals surface area contributed by atoms with Crippen molar-refractivity contribution >= 4 is 11.6 Å². The lowest BCUT2D eigenvalue weighted by Crippen LogP contribution is -2.31. The molecule has 2 aliphatic heterocycles. The smallest absolute Gasteiger partial charge is 0.142 e. The minimum absolute atomic E-state index is 0.105. The Morgan fingerprint density at radius 1 is 1.00 bits per heavy atom. The van der Waals surface area contributed by atoms with Gasteiger partial charge >= 0.3 is 0 Å². The average molecular weight is 430 g/mol. The maximum atomic E-state index is 13.7. The van der Waals surface area contributed by atoms with Gasteiger partial charge < -0.3 is 9.64 Å². The molecule has 3 heterocycles. The van der Waals surface area contributed by atoms with Gasteiger partial charge in [0, 0.05) is 38.4 Å². The van der Waals surface area contributed by atoms with Gasteiger partial charge in [-0.1, -0.05) is 23.7 Å². The number of hydrogen-bond donors (Lipinski definition) is 0. The first kappa shape index (κ1) is 20.3. The van der Waals surface area contributed by atoms with E-state index in [1.165, 1.54) is 51.4 Å². The summed E-state index contributed by atoms with van der Waals surface area (Å²) >= 11 is 6.08. The largest absolute Gasteiger partial charge is 0.381 e. The zero-order chi connectivity index (χ0) is 20.5. The number of ether oxygens (including phenoxy) is 1. The third-order valence-electron chi connectivity index (χ3n) is 7.23. The molecule has 0 spiro atoms. The minimum atomic E-state index is -0.427. The first-order valence-corrected chi connectivity index (χ1v) is 11.6. The van der Waals surface area contributed by atoms with E-state index >= 15 is 0 Å². The summed E-state index contributed by atoms with van der Waals surface area (Å²) in [7, 11) is 0. The maximum absolute atomic E-state index is 13.7. The highest BCUT2D eigenvalue weighted by Crippen LogP contribution is 2.43. The Hall–Kier alpha value is -1.56. The average Bonchev–Trinajstić information content (AvgIpc) is 3.29. The molecule has 4 nitrogen and oxygen atoms in total. The molecule has 0 radical (unpaired) electrons.